The molecular formula is C11H21F3N2OS. The molecule has 3 nitrogen and oxygen atoms in total. The second kappa shape index (κ2) is 9.49. The summed E-state index contributed by atoms with van der Waals surface area (Å²) in [5.41, 5.74) is 0. The lowest BCUT2D eigenvalue weighted by atomic mass is 10.2. The first-order valence-electron chi connectivity index (χ1n) is 5.93. The summed E-state index contributed by atoms with van der Waals surface area (Å²) >= 11 is 1.79. The molecule has 1 amide bonds. The monoisotopic (exact) mass is 286 g/mol. The number of halogens is 3. The number of hydrogen-bond acceptors (Lipinski definition) is 3. The number of carbonyl (C=O) groups is 1. The maximum Gasteiger partial charge on any atom is 0.405 e. The van der Waals surface area contributed by atoms with E-state index in [9.17, 15) is 18.0 Å². The van der Waals surface area contributed by atoms with Crippen LogP contribution in [0.1, 0.15) is 26.2 Å². The van der Waals surface area contributed by atoms with E-state index in [-0.39, 0.29) is 0 Å². The second-order valence-corrected chi connectivity index (χ2v) is 5.05. The fourth-order valence-corrected chi connectivity index (χ4v) is 1.79. The summed E-state index contributed by atoms with van der Waals surface area (Å²) in [5.74, 6) is 0.498. The molecule has 0 bridgehead atoms. The minimum atomic E-state index is -4.35. The van der Waals surface area contributed by atoms with E-state index < -0.39 is 24.7 Å². The van der Waals surface area contributed by atoms with Gasteiger partial charge < -0.3 is 10.6 Å². The van der Waals surface area contributed by atoms with Gasteiger partial charge in [0.05, 0.1) is 6.04 Å². The molecule has 0 heterocycles. The average Bonchev–Trinajstić information content (AvgIpc) is 2.29. The van der Waals surface area contributed by atoms with Crippen molar-refractivity contribution >= 4 is 17.7 Å². The lowest BCUT2D eigenvalue weighted by molar-refractivity contribution is -0.139. The topological polar surface area (TPSA) is 41.1 Å². The molecule has 0 radical (unpaired) electrons. The van der Waals surface area contributed by atoms with Crippen molar-refractivity contribution in [3.05, 3.63) is 0 Å². The van der Waals surface area contributed by atoms with Gasteiger partial charge in [0.2, 0.25) is 5.91 Å². The van der Waals surface area contributed by atoms with E-state index in [1.165, 1.54) is 0 Å². The van der Waals surface area contributed by atoms with Crippen molar-refractivity contribution in [3.63, 3.8) is 0 Å². The Hall–Kier alpha value is -0.430. The molecule has 108 valence electrons. The van der Waals surface area contributed by atoms with Gasteiger partial charge in [-0.15, -0.1) is 0 Å². The lowest BCUT2D eigenvalue weighted by Crippen LogP contribution is -2.45. The number of rotatable bonds is 9. The van der Waals surface area contributed by atoms with E-state index in [4.69, 9.17) is 0 Å². The van der Waals surface area contributed by atoms with Gasteiger partial charge in [-0.2, -0.15) is 24.9 Å². The molecule has 2 N–H and O–H groups in total. The van der Waals surface area contributed by atoms with Gasteiger partial charge in [0.15, 0.2) is 0 Å². The largest absolute Gasteiger partial charge is 0.405 e. The molecule has 0 fully saturated rings. The number of thioether (sulfide) groups is 1. The molecule has 0 spiro atoms. The average molecular weight is 286 g/mol. The first kappa shape index (κ1) is 17.6. The summed E-state index contributed by atoms with van der Waals surface area (Å²) in [7, 11) is 0. The fourth-order valence-electron chi connectivity index (χ4n) is 1.30. The van der Waals surface area contributed by atoms with Crippen molar-refractivity contribution in [2.45, 2.75) is 38.4 Å². The summed E-state index contributed by atoms with van der Waals surface area (Å²) < 4.78 is 35.6. The van der Waals surface area contributed by atoms with Crippen molar-refractivity contribution in [1.29, 1.82) is 0 Å². The molecule has 1 atom stereocenters. The zero-order valence-corrected chi connectivity index (χ0v) is 11.6. The van der Waals surface area contributed by atoms with Gasteiger partial charge in [-0.1, -0.05) is 6.42 Å². The zero-order valence-electron chi connectivity index (χ0n) is 10.8. The van der Waals surface area contributed by atoms with Crippen LogP contribution in [0.5, 0.6) is 0 Å². The molecule has 0 saturated heterocycles. The lowest BCUT2D eigenvalue weighted by Gasteiger charge is -2.15. The molecule has 0 aliphatic carbocycles. The third-order valence-electron chi connectivity index (χ3n) is 2.33. The van der Waals surface area contributed by atoms with E-state index in [2.05, 4.69) is 5.32 Å². The van der Waals surface area contributed by atoms with Crippen LogP contribution >= 0.6 is 11.8 Å². The molecule has 0 rings (SSSR count). The molecule has 0 aromatic carbocycles. The van der Waals surface area contributed by atoms with Gasteiger partial charge in [-0.05, 0) is 38.3 Å². The Balaban J connectivity index is 3.56. The molecule has 18 heavy (non-hydrogen) atoms. The summed E-state index contributed by atoms with van der Waals surface area (Å²) in [6.07, 6.45) is 0.804. The predicted octanol–water partition coefficient (Wildman–Crippen LogP) is 2.18. The van der Waals surface area contributed by atoms with E-state index in [1.54, 1.807) is 18.7 Å². The van der Waals surface area contributed by atoms with Crippen LogP contribution in [0, 0.1) is 0 Å². The highest BCUT2D eigenvalue weighted by atomic mass is 32.2. The van der Waals surface area contributed by atoms with Gasteiger partial charge in [0, 0.05) is 0 Å². The molecule has 0 aromatic rings. The van der Waals surface area contributed by atoms with Gasteiger partial charge in [0.25, 0.3) is 0 Å². The van der Waals surface area contributed by atoms with E-state index in [0.717, 1.165) is 25.0 Å². The Morgan fingerprint density at radius 2 is 1.94 bits per heavy atom. The zero-order chi connectivity index (χ0) is 14.0. The molecule has 0 saturated carbocycles. The Bertz CT molecular complexity index is 237. The molecular weight excluding hydrogens is 265 g/mol. The van der Waals surface area contributed by atoms with Gasteiger partial charge in [-0.25, -0.2) is 0 Å². The summed E-state index contributed by atoms with van der Waals surface area (Å²) in [6, 6.07) is -0.590. The molecule has 0 aliphatic rings. The molecule has 1 unspecified atom stereocenters. The predicted molar refractivity (Wildman–Crippen MR) is 68.8 cm³/mol. The number of hydrogen-bond donors (Lipinski definition) is 2. The van der Waals surface area contributed by atoms with Crippen LogP contribution in [0.3, 0.4) is 0 Å². The van der Waals surface area contributed by atoms with Gasteiger partial charge in [-0.3, -0.25) is 4.79 Å². The van der Waals surface area contributed by atoms with E-state index >= 15 is 0 Å². The highest BCUT2D eigenvalue weighted by molar-refractivity contribution is 7.98. The number of nitrogens with one attached hydrogen (secondary N) is 2. The van der Waals surface area contributed by atoms with E-state index in [1.807, 2.05) is 11.6 Å². The van der Waals surface area contributed by atoms with Crippen LogP contribution in [0.15, 0.2) is 0 Å². The summed E-state index contributed by atoms with van der Waals surface area (Å²) in [6.45, 7) is 0.939. The van der Waals surface area contributed by atoms with Crippen molar-refractivity contribution in [2.75, 3.05) is 25.1 Å². The Labute approximate surface area is 110 Å². The normalized spacial score (nSPS) is 13.4. The molecule has 0 aromatic heterocycles. The van der Waals surface area contributed by atoms with Crippen LogP contribution < -0.4 is 10.6 Å². The minimum Gasteiger partial charge on any atom is -0.346 e. The molecule has 0 aliphatic heterocycles. The van der Waals surface area contributed by atoms with Crippen LogP contribution in [0.2, 0.25) is 0 Å². The van der Waals surface area contributed by atoms with Crippen molar-refractivity contribution in [2.24, 2.45) is 0 Å². The van der Waals surface area contributed by atoms with Crippen molar-refractivity contribution in [1.82, 2.24) is 10.6 Å². The maximum absolute atomic E-state index is 11.9. The SMILES string of the molecule is CSCCCCCNC(C)C(=O)NCC(F)(F)F. The van der Waals surface area contributed by atoms with Crippen LogP contribution in [-0.4, -0.2) is 43.2 Å². The Morgan fingerprint density at radius 3 is 2.50 bits per heavy atom. The maximum atomic E-state index is 11.9. The third kappa shape index (κ3) is 10.7. The number of carbonyl (C=O) groups excluding carboxylic acids is 1. The third-order valence-corrected chi connectivity index (χ3v) is 3.03. The van der Waals surface area contributed by atoms with Crippen LogP contribution in [0.4, 0.5) is 13.2 Å². The van der Waals surface area contributed by atoms with Crippen LogP contribution in [-0.2, 0) is 4.79 Å². The summed E-state index contributed by atoms with van der Waals surface area (Å²) in [4.78, 5) is 11.3. The van der Waals surface area contributed by atoms with Crippen molar-refractivity contribution in [3.8, 4) is 0 Å². The highest BCUT2D eigenvalue weighted by Crippen LogP contribution is 2.12. The Kier molecular flexibility index (Phi) is 9.27. The summed E-state index contributed by atoms with van der Waals surface area (Å²) in [5, 5.41) is 4.76. The number of unbranched alkanes of at least 4 members (excludes halogenated alkanes) is 2. The minimum absolute atomic E-state index is 0.590. The first-order valence-corrected chi connectivity index (χ1v) is 7.33. The first-order chi connectivity index (χ1) is 8.37. The Morgan fingerprint density at radius 1 is 1.28 bits per heavy atom. The fraction of sp³-hybridized carbons (Fsp3) is 0.909. The van der Waals surface area contributed by atoms with E-state index in [0.29, 0.717) is 6.54 Å². The molecule has 7 heteroatoms. The number of alkyl halides is 3. The van der Waals surface area contributed by atoms with Gasteiger partial charge >= 0.3 is 6.18 Å². The van der Waals surface area contributed by atoms with Gasteiger partial charge in [0.1, 0.15) is 6.54 Å². The highest BCUT2D eigenvalue weighted by Gasteiger charge is 2.28. The second-order valence-electron chi connectivity index (χ2n) is 4.06. The van der Waals surface area contributed by atoms with Crippen molar-refractivity contribution < 1.29 is 18.0 Å². The quantitative estimate of drug-likeness (QED) is 0.638. The van der Waals surface area contributed by atoms with Crippen LogP contribution in [0.25, 0.3) is 0 Å². The standard InChI is InChI=1S/C11H21F3N2OS/c1-9(10(17)16-8-11(12,13)14)15-6-4-3-5-7-18-2/h9,15H,3-8H2,1-2H3,(H,16,17). The smallest absolute Gasteiger partial charge is 0.346 e. The number of amides is 1.